The third-order valence-corrected chi connectivity index (χ3v) is 4.68. The molecule has 20 heavy (non-hydrogen) atoms. The van der Waals surface area contributed by atoms with E-state index in [1.54, 1.807) is 0 Å². The molecule has 0 aliphatic heterocycles. The number of hydrogen-bond donors (Lipinski definition) is 0. The lowest BCUT2D eigenvalue weighted by atomic mass is 9.84. The van der Waals surface area contributed by atoms with Gasteiger partial charge < -0.3 is 0 Å². The molecule has 2 aromatic carbocycles. The maximum Gasteiger partial charge on any atom is 0.134 e. The normalized spacial score (nSPS) is 22.2. The third-order valence-electron chi connectivity index (χ3n) is 3.99. The molecule has 0 spiro atoms. The second-order valence-corrected chi connectivity index (χ2v) is 6.02. The van der Waals surface area contributed by atoms with E-state index in [2.05, 4.69) is 0 Å². The van der Waals surface area contributed by atoms with Crippen molar-refractivity contribution in [2.75, 3.05) is 0 Å². The molecule has 1 aliphatic carbocycles. The summed E-state index contributed by atoms with van der Waals surface area (Å²) in [6.07, 6.45) is 1.08. The van der Waals surface area contributed by atoms with Crippen LogP contribution in [0.15, 0.2) is 48.5 Å². The molecule has 0 amide bonds. The van der Waals surface area contributed by atoms with Gasteiger partial charge in [-0.2, -0.15) is 0 Å². The van der Waals surface area contributed by atoms with Crippen LogP contribution >= 0.6 is 23.2 Å². The summed E-state index contributed by atoms with van der Waals surface area (Å²) in [5, 5.41) is 1.45. The molecular weight excluding hydrogens is 291 g/mol. The highest BCUT2D eigenvalue weighted by atomic mass is 35.5. The van der Waals surface area contributed by atoms with Gasteiger partial charge in [0.2, 0.25) is 0 Å². The molecule has 3 heteroatoms. The lowest BCUT2D eigenvalue weighted by Gasteiger charge is -2.21. The second kappa shape index (κ2) is 5.59. The maximum atomic E-state index is 11.9. The monoisotopic (exact) mass is 304 g/mol. The van der Waals surface area contributed by atoms with E-state index in [0.717, 1.165) is 21.2 Å². The number of Topliss-reactive ketones (excluding diaryl/α,β-unsaturated/α-hetero) is 1. The Hall–Kier alpha value is -1.31. The topological polar surface area (TPSA) is 17.1 Å². The molecule has 1 saturated carbocycles. The molecule has 1 nitrogen and oxygen atoms in total. The predicted octanol–water partition coefficient (Wildman–Crippen LogP) is 5.22. The van der Waals surface area contributed by atoms with E-state index in [-0.39, 0.29) is 17.6 Å². The Morgan fingerprint density at radius 1 is 0.750 bits per heavy atom. The smallest absolute Gasteiger partial charge is 0.134 e. The van der Waals surface area contributed by atoms with Crippen LogP contribution in [0.1, 0.15) is 35.8 Å². The van der Waals surface area contributed by atoms with Gasteiger partial charge in [0.15, 0.2) is 0 Å². The van der Waals surface area contributed by atoms with Crippen molar-refractivity contribution >= 4 is 29.0 Å². The van der Waals surface area contributed by atoms with Crippen molar-refractivity contribution in [1.29, 1.82) is 0 Å². The first-order chi connectivity index (χ1) is 9.66. The summed E-state index contributed by atoms with van der Waals surface area (Å²) in [7, 11) is 0. The van der Waals surface area contributed by atoms with Gasteiger partial charge in [-0.25, -0.2) is 0 Å². The van der Waals surface area contributed by atoms with Gasteiger partial charge >= 0.3 is 0 Å². The van der Waals surface area contributed by atoms with Crippen molar-refractivity contribution < 1.29 is 4.79 Å². The number of ketones is 1. The van der Waals surface area contributed by atoms with Crippen LogP contribution in [-0.4, -0.2) is 5.78 Å². The van der Waals surface area contributed by atoms with Crippen LogP contribution in [0.5, 0.6) is 0 Å². The zero-order chi connectivity index (χ0) is 14.1. The lowest BCUT2D eigenvalue weighted by Crippen LogP contribution is -2.06. The Morgan fingerprint density at radius 3 is 1.55 bits per heavy atom. The minimum atomic E-state index is 0.121. The zero-order valence-electron chi connectivity index (χ0n) is 10.9. The summed E-state index contributed by atoms with van der Waals surface area (Å²) in [5.74, 6) is 0.520. The average molecular weight is 305 g/mol. The number of carbonyl (C=O) groups is 1. The molecule has 0 saturated heterocycles. The zero-order valence-corrected chi connectivity index (χ0v) is 12.4. The minimum absolute atomic E-state index is 0.121. The highest BCUT2D eigenvalue weighted by molar-refractivity contribution is 6.32. The van der Waals surface area contributed by atoms with Crippen molar-refractivity contribution in [3.8, 4) is 0 Å². The molecule has 2 atom stereocenters. The standard InChI is InChI=1S/C17H14Cl2O/c18-16-7-3-1-5-12(16)14-9-11(20)10-15(14)13-6-2-4-8-17(13)19/h1-8,14-15H,9-10H2/t14-,15-/m0/s1. The van der Waals surface area contributed by atoms with Crippen LogP contribution in [0.3, 0.4) is 0 Å². The molecule has 2 aromatic rings. The summed E-state index contributed by atoms with van der Waals surface area (Å²) in [4.78, 5) is 11.9. The minimum Gasteiger partial charge on any atom is -0.300 e. The van der Waals surface area contributed by atoms with Crippen LogP contribution in [0, 0.1) is 0 Å². The molecule has 0 aromatic heterocycles. The summed E-state index contributed by atoms with van der Waals surface area (Å²) in [6, 6.07) is 15.5. The quantitative estimate of drug-likeness (QED) is 0.743. The predicted molar refractivity (Wildman–Crippen MR) is 82.6 cm³/mol. The highest BCUT2D eigenvalue weighted by Crippen LogP contribution is 2.47. The third kappa shape index (κ3) is 2.48. The number of carbonyl (C=O) groups excluding carboxylic acids is 1. The number of halogens is 2. The SMILES string of the molecule is O=C1C[C@@H](c2ccccc2Cl)[C@H](c2ccccc2Cl)C1. The molecular formula is C17H14Cl2O. The molecule has 1 aliphatic rings. The summed E-state index contributed by atoms with van der Waals surface area (Å²) < 4.78 is 0. The molecule has 0 heterocycles. The Labute approximate surface area is 128 Å². The Bertz CT molecular complexity index is 595. The van der Waals surface area contributed by atoms with E-state index in [1.807, 2.05) is 48.5 Å². The molecule has 0 unspecified atom stereocenters. The number of benzene rings is 2. The van der Waals surface area contributed by atoms with E-state index in [4.69, 9.17) is 23.2 Å². The first kappa shape index (κ1) is 13.7. The van der Waals surface area contributed by atoms with Gasteiger partial charge in [-0.15, -0.1) is 0 Å². The van der Waals surface area contributed by atoms with E-state index < -0.39 is 0 Å². The van der Waals surface area contributed by atoms with Gasteiger partial charge in [0.1, 0.15) is 5.78 Å². The van der Waals surface area contributed by atoms with Gasteiger partial charge in [-0.1, -0.05) is 59.6 Å². The van der Waals surface area contributed by atoms with E-state index in [1.165, 1.54) is 0 Å². The second-order valence-electron chi connectivity index (χ2n) is 5.20. The van der Waals surface area contributed by atoms with Crippen LogP contribution in [0.2, 0.25) is 10.0 Å². The fourth-order valence-corrected chi connectivity index (χ4v) is 3.62. The fourth-order valence-electron chi connectivity index (χ4n) is 3.06. The molecule has 102 valence electrons. The Morgan fingerprint density at radius 2 is 1.15 bits per heavy atom. The van der Waals surface area contributed by atoms with Crippen molar-refractivity contribution in [2.24, 2.45) is 0 Å². The van der Waals surface area contributed by atoms with Crippen LogP contribution < -0.4 is 0 Å². The van der Waals surface area contributed by atoms with Crippen molar-refractivity contribution in [3.63, 3.8) is 0 Å². The van der Waals surface area contributed by atoms with E-state index >= 15 is 0 Å². The fraction of sp³-hybridized carbons (Fsp3) is 0.235. The van der Waals surface area contributed by atoms with Crippen LogP contribution in [0.25, 0.3) is 0 Å². The van der Waals surface area contributed by atoms with Gasteiger partial charge in [0, 0.05) is 22.9 Å². The molecule has 0 radical (unpaired) electrons. The summed E-state index contributed by atoms with van der Waals surface area (Å²) in [5.41, 5.74) is 2.09. The van der Waals surface area contributed by atoms with Crippen molar-refractivity contribution in [1.82, 2.24) is 0 Å². The van der Waals surface area contributed by atoms with E-state index in [0.29, 0.717) is 12.8 Å². The number of hydrogen-bond acceptors (Lipinski definition) is 1. The van der Waals surface area contributed by atoms with Gasteiger partial charge in [0.25, 0.3) is 0 Å². The van der Waals surface area contributed by atoms with Gasteiger partial charge in [0.05, 0.1) is 0 Å². The highest BCUT2D eigenvalue weighted by Gasteiger charge is 2.36. The maximum absolute atomic E-state index is 11.9. The first-order valence-corrected chi connectivity index (χ1v) is 7.43. The average Bonchev–Trinajstić information content (AvgIpc) is 2.81. The van der Waals surface area contributed by atoms with Crippen molar-refractivity contribution in [3.05, 3.63) is 69.7 Å². The molecule has 0 bridgehead atoms. The first-order valence-electron chi connectivity index (χ1n) is 6.67. The van der Waals surface area contributed by atoms with E-state index in [9.17, 15) is 4.79 Å². The molecule has 1 fully saturated rings. The molecule has 3 rings (SSSR count). The summed E-state index contributed by atoms with van der Waals surface area (Å²) >= 11 is 12.6. The van der Waals surface area contributed by atoms with Gasteiger partial charge in [-0.05, 0) is 35.1 Å². The lowest BCUT2D eigenvalue weighted by molar-refractivity contribution is -0.117. The van der Waals surface area contributed by atoms with Crippen LogP contribution in [0.4, 0.5) is 0 Å². The van der Waals surface area contributed by atoms with Crippen molar-refractivity contribution in [2.45, 2.75) is 24.7 Å². The van der Waals surface area contributed by atoms with Gasteiger partial charge in [-0.3, -0.25) is 4.79 Å². The Balaban J connectivity index is 2.04. The Kier molecular flexibility index (Phi) is 3.82. The summed E-state index contributed by atoms with van der Waals surface area (Å²) in [6.45, 7) is 0. The largest absolute Gasteiger partial charge is 0.300 e. The number of rotatable bonds is 2. The van der Waals surface area contributed by atoms with Crippen LogP contribution in [-0.2, 0) is 4.79 Å². The molecule has 0 N–H and O–H groups in total.